The molecule has 0 amide bonds. The van der Waals surface area contributed by atoms with Crippen LogP contribution in [-0.2, 0) is 9.47 Å². The molecule has 4 N–H and O–H groups in total. The van der Waals surface area contributed by atoms with Crippen molar-refractivity contribution >= 4 is 11.8 Å². The molecule has 6 atom stereocenters. The maximum Gasteiger partial charge on any atom is 0.184 e. The number of fused-ring (bicyclic) bond motifs is 1. The van der Waals surface area contributed by atoms with Crippen LogP contribution in [0.4, 0.5) is 0 Å². The van der Waals surface area contributed by atoms with Gasteiger partial charge in [0.1, 0.15) is 17.8 Å². The molecule has 0 aromatic heterocycles. The molecule has 18 heavy (non-hydrogen) atoms. The minimum absolute atomic E-state index is 0.415. The first kappa shape index (κ1) is 14.5. The fraction of sp³-hybridized carbons (Fsp3) is 1.00. The van der Waals surface area contributed by atoms with E-state index in [1.165, 1.54) is 0 Å². The van der Waals surface area contributed by atoms with Crippen molar-refractivity contribution in [3.63, 3.8) is 0 Å². The predicted octanol–water partition coefficient (Wildman–Crippen LogP) is -1.44. The minimum atomic E-state index is -1.53. The van der Waals surface area contributed by atoms with Crippen molar-refractivity contribution in [2.45, 2.75) is 36.6 Å². The van der Waals surface area contributed by atoms with Gasteiger partial charge in [0.2, 0.25) is 0 Å². The normalized spacial score (nSPS) is 46.8. The van der Waals surface area contributed by atoms with E-state index < -0.39 is 42.7 Å². The standard InChI is InChI=1S/C11H20O6S/c1-18-4-2-3-16-10-8(13)7-9(14)11(7,15)6(5-12)17-10/h6-10,12-15H,2-5H2,1H3/t6?,7?,8?,9?,10-,11?/m0/s1. The predicted molar refractivity (Wildman–Crippen MR) is 65.2 cm³/mol. The number of aliphatic hydroxyl groups is 4. The zero-order valence-corrected chi connectivity index (χ0v) is 11.0. The lowest BCUT2D eigenvalue weighted by atomic mass is 10.0. The molecule has 6 nitrogen and oxygen atoms in total. The van der Waals surface area contributed by atoms with E-state index in [9.17, 15) is 15.3 Å². The van der Waals surface area contributed by atoms with Crippen molar-refractivity contribution in [3.8, 4) is 0 Å². The van der Waals surface area contributed by atoms with Gasteiger partial charge in [-0.15, -0.1) is 0 Å². The summed E-state index contributed by atoms with van der Waals surface area (Å²) in [6.07, 6.45) is -1.12. The van der Waals surface area contributed by atoms with Gasteiger partial charge in [-0.1, -0.05) is 0 Å². The van der Waals surface area contributed by atoms with Gasteiger partial charge in [0.15, 0.2) is 6.29 Å². The van der Waals surface area contributed by atoms with Gasteiger partial charge in [-0.3, -0.25) is 0 Å². The highest BCUT2D eigenvalue weighted by molar-refractivity contribution is 7.98. The molecule has 1 heterocycles. The maximum atomic E-state index is 10.0. The fourth-order valence-corrected chi connectivity index (χ4v) is 2.92. The second kappa shape index (κ2) is 5.62. The average molecular weight is 280 g/mol. The summed E-state index contributed by atoms with van der Waals surface area (Å²) in [6.45, 7) is 0.0173. The number of hydrogen-bond acceptors (Lipinski definition) is 7. The molecule has 2 aliphatic rings. The number of ether oxygens (including phenoxy) is 2. The molecule has 0 spiro atoms. The van der Waals surface area contributed by atoms with Crippen LogP contribution in [0, 0.1) is 5.92 Å². The molecule has 1 saturated carbocycles. The third kappa shape index (κ3) is 2.29. The Morgan fingerprint density at radius 1 is 1.39 bits per heavy atom. The van der Waals surface area contributed by atoms with Crippen LogP contribution in [-0.4, -0.2) is 75.9 Å². The molecule has 0 aromatic carbocycles. The Labute approximate surface area is 110 Å². The first-order valence-corrected chi connectivity index (χ1v) is 7.42. The summed E-state index contributed by atoms with van der Waals surface area (Å²) in [5, 5.41) is 38.7. The molecule has 1 saturated heterocycles. The van der Waals surface area contributed by atoms with E-state index in [-0.39, 0.29) is 0 Å². The molecule has 2 rings (SSSR count). The van der Waals surface area contributed by atoms with E-state index in [1.807, 2.05) is 6.26 Å². The van der Waals surface area contributed by atoms with Gasteiger partial charge in [0, 0.05) is 0 Å². The molecular weight excluding hydrogens is 260 g/mol. The molecule has 5 unspecified atom stereocenters. The van der Waals surface area contributed by atoms with Gasteiger partial charge in [0.25, 0.3) is 0 Å². The lowest BCUT2D eigenvalue weighted by molar-refractivity contribution is -0.273. The van der Waals surface area contributed by atoms with Crippen LogP contribution in [0.15, 0.2) is 0 Å². The van der Waals surface area contributed by atoms with Crippen molar-refractivity contribution in [2.75, 3.05) is 25.2 Å². The molecule has 1 aliphatic heterocycles. The molecule has 0 bridgehead atoms. The Bertz CT molecular complexity index is 287. The highest BCUT2D eigenvalue weighted by atomic mass is 32.2. The summed E-state index contributed by atoms with van der Waals surface area (Å²) in [6, 6.07) is 0. The Kier molecular flexibility index (Phi) is 4.53. The lowest BCUT2D eigenvalue weighted by Crippen LogP contribution is -2.51. The molecule has 0 aromatic rings. The Balaban J connectivity index is 1.89. The van der Waals surface area contributed by atoms with Crippen LogP contribution in [0.3, 0.4) is 0 Å². The molecule has 2 fully saturated rings. The number of rotatable bonds is 6. The van der Waals surface area contributed by atoms with Crippen molar-refractivity contribution in [3.05, 3.63) is 0 Å². The number of aliphatic hydroxyl groups excluding tert-OH is 3. The van der Waals surface area contributed by atoms with Gasteiger partial charge < -0.3 is 29.9 Å². The van der Waals surface area contributed by atoms with Gasteiger partial charge in [-0.2, -0.15) is 11.8 Å². The minimum Gasteiger partial charge on any atom is -0.394 e. The van der Waals surface area contributed by atoms with E-state index in [2.05, 4.69) is 0 Å². The summed E-state index contributed by atoms with van der Waals surface area (Å²) < 4.78 is 10.7. The monoisotopic (exact) mass is 280 g/mol. The fourth-order valence-electron chi connectivity index (χ4n) is 2.52. The number of thioether (sulfide) groups is 1. The first-order chi connectivity index (χ1) is 8.57. The Morgan fingerprint density at radius 2 is 2.11 bits per heavy atom. The zero-order valence-electron chi connectivity index (χ0n) is 10.2. The average Bonchev–Trinajstić information content (AvgIpc) is 2.92. The van der Waals surface area contributed by atoms with Crippen molar-refractivity contribution in [1.29, 1.82) is 0 Å². The van der Waals surface area contributed by atoms with Gasteiger partial charge >= 0.3 is 0 Å². The van der Waals surface area contributed by atoms with Crippen molar-refractivity contribution < 1.29 is 29.9 Å². The third-order valence-corrected chi connectivity index (χ3v) is 4.34. The van der Waals surface area contributed by atoms with E-state index in [0.717, 1.165) is 12.2 Å². The molecule has 106 valence electrons. The highest BCUT2D eigenvalue weighted by Gasteiger charge is 2.75. The van der Waals surface area contributed by atoms with Crippen LogP contribution in [0.5, 0.6) is 0 Å². The maximum absolute atomic E-state index is 10.0. The smallest absolute Gasteiger partial charge is 0.184 e. The van der Waals surface area contributed by atoms with Crippen molar-refractivity contribution in [2.24, 2.45) is 5.92 Å². The number of hydrogen-bond donors (Lipinski definition) is 4. The zero-order chi connectivity index (χ0) is 13.3. The summed E-state index contributed by atoms with van der Waals surface area (Å²) in [5.41, 5.74) is -1.53. The molecule has 7 heteroatoms. The van der Waals surface area contributed by atoms with E-state index in [1.54, 1.807) is 11.8 Å². The largest absolute Gasteiger partial charge is 0.394 e. The van der Waals surface area contributed by atoms with Gasteiger partial charge in [-0.25, -0.2) is 0 Å². The van der Waals surface area contributed by atoms with Crippen LogP contribution in [0.2, 0.25) is 0 Å². The third-order valence-electron chi connectivity index (χ3n) is 3.64. The summed E-state index contributed by atoms with van der Waals surface area (Å²) in [4.78, 5) is 0. The summed E-state index contributed by atoms with van der Waals surface area (Å²) in [5.74, 6) is 0.247. The van der Waals surface area contributed by atoms with E-state index in [0.29, 0.717) is 6.61 Å². The van der Waals surface area contributed by atoms with E-state index >= 15 is 0 Å². The van der Waals surface area contributed by atoms with Crippen LogP contribution in [0.1, 0.15) is 6.42 Å². The lowest BCUT2D eigenvalue weighted by Gasteiger charge is -2.35. The Morgan fingerprint density at radius 3 is 2.72 bits per heavy atom. The second-order valence-corrected chi connectivity index (χ2v) is 5.73. The van der Waals surface area contributed by atoms with Crippen LogP contribution >= 0.6 is 11.8 Å². The highest BCUT2D eigenvalue weighted by Crippen LogP contribution is 2.53. The summed E-state index contributed by atoms with van der Waals surface area (Å²) >= 11 is 1.70. The Hall–Kier alpha value is 0.110. The van der Waals surface area contributed by atoms with E-state index in [4.69, 9.17) is 14.6 Å². The summed E-state index contributed by atoms with van der Waals surface area (Å²) in [7, 11) is 0. The molecular formula is C11H20O6S. The second-order valence-electron chi connectivity index (χ2n) is 4.74. The molecule has 0 radical (unpaired) electrons. The van der Waals surface area contributed by atoms with Crippen LogP contribution in [0.25, 0.3) is 0 Å². The first-order valence-electron chi connectivity index (χ1n) is 6.02. The SMILES string of the molecule is CSCCCO[C@H]1OC(CO)C2(O)C(O)C2C1O. The van der Waals surface area contributed by atoms with Gasteiger partial charge in [-0.05, 0) is 18.4 Å². The quantitative estimate of drug-likeness (QED) is 0.442. The topological polar surface area (TPSA) is 99.4 Å². The van der Waals surface area contributed by atoms with Crippen LogP contribution < -0.4 is 0 Å². The van der Waals surface area contributed by atoms with Gasteiger partial charge in [0.05, 0.1) is 25.2 Å². The molecule has 1 aliphatic carbocycles. The van der Waals surface area contributed by atoms with Crippen molar-refractivity contribution in [1.82, 2.24) is 0 Å².